The molecular weight excluding hydrogens is 526 g/mol. The number of hydrogen-bond acceptors (Lipinski definition) is 10. The monoisotopic (exact) mass is 557 g/mol. The van der Waals surface area contributed by atoms with Crippen molar-refractivity contribution in [2.75, 3.05) is 32.9 Å². The summed E-state index contributed by atoms with van der Waals surface area (Å²) >= 11 is 3.04. The van der Waals surface area contributed by atoms with Crippen molar-refractivity contribution in [3.8, 4) is 17.5 Å². The molecule has 37 heavy (non-hydrogen) atoms. The first-order valence-corrected chi connectivity index (χ1v) is 13.8. The van der Waals surface area contributed by atoms with Crippen LogP contribution in [0.3, 0.4) is 0 Å². The maximum atomic E-state index is 12.2. The Bertz CT molecular complexity index is 1090. The van der Waals surface area contributed by atoms with Crippen LogP contribution in [0.2, 0.25) is 5.02 Å². The molecule has 2 N–H and O–H groups in total. The molecule has 0 atom stereocenters. The van der Waals surface area contributed by atoms with E-state index in [0.29, 0.717) is 66.6 Å². The molecule has 2 aromatic rings. The highest BCUT2D eigenvalue weighted by molar-refractivity contribution is 8.16. The molecule has 0 aliphatic carbocycles. The Morgan fingerprint density at radius 2 is 1.86 bits per heavy atom. The lowest BCUT2D eigenvalue weighted by atomic mass is 10.0. The number of rotatable bonds is 7. The maximum Gasteiger partial charge on any atom is 0.409 e. The molecule has 13 heteroatoms. The van der Waals surface area contributed by atoms with Crippen LogP contribution in [0.1, 0.15) is 43.7 Å². The third kappa shape index (κ3) is 7.37. The first kappa shape index (κ1) is 27.7. The zero-order valence-corrected chi connectivity index (χ0v) is 22.5. The van der Waals surface area contributed by atoms with Crippen LogP contribution in [0.15, 0.2) is 24.5 Å². The van der Waals surface area contributed by atoms with E-state index in [4.69, 9.17) is 34.2 Å². The van der Waals surface area contributed by atoms with Crippen molar-refractivity contribution < 1.29 is 36.5 Å². The second kappa shape index (κ2) is 12.0. The molecule has 0 unspecified atom stereocenters. The van der Waals surface area contributed by atoms with Gasteiger partial charge in [-0.3, -0.25) is 17.5 Å². The van der Waals surface area contributed by atoms with Crippen molar-refractivity contribution in [3.63, 3.8) is 0 Å². The normalized spacial score (nSPS) is 19.5. The van der Waals surface area contributed by atoms with E-state index in [-0.39, 0.29) is 31.3 Å². The molecule has 2 saturated heterocycles. The molecule has 0 bridgehead atoms. The van der Waals surface area contributed by atoms with Gasteiger partial charge < -0.3 is 19.1 Å². The largest absolute Gasteiger partial charge is 0.474 e. The minimum absolute atomic E-state index is 0.0998. The fourth-order valence-electron chi connectivity index (χ4n) is 3.86. The number of hydrogen-bond donors (Lipinski definition) is 2. The van der Waals surface area contributed by atoms with Crippen molar-refractivity contribution in [1.82, 2.24) is 14.9 Å². The van der Waals surface area contributed by atoms with Crippen LogP contribution in [0, 0.1) is 12.8 Å². The zero-order valence-electron chi connectivity index (χ0n) is 21.0. The van der Waals surface area contributed by atoms with Crippen LogP contribution < -0.4 is 9.47 Å². The van der Waals surface area contributed by atoms with Gasteiger partial charge in [0.05, 0.1) is 30.4 Å². The molecule has 0 saturated carbocycles. The van der Waals surface area contributed by atoms with Gasteiger partial charge in [0.2, 0.25) is 22.9 Å². The predicted molar refractivity (Wildman–Crippen MR) is 137 cm³/mol. The average molecular weight is 558 g/mol. The number of carbonyl (C=O) groups excluding carboxylic acids is 1. The van der Waals surface area contributed by atoms with Crippen LogP contribution in [0.25, 0.3) is 0 Å². The Balaban J connectivity index is 1.34. The number of carbonyl (C=O) groups is 1. The van der Waals surface area contributed by atoms with E-state index in [0.717, 1.165) is 5.56 Å². The SMILES string of the molecule is Cc1c(Oc2ccc(C3COS(O)(O)OC3)cc2Cl)ncnc1OC1CCN(C(=O)OCC(C)C)CC1. The summed E-state index contributed by atoms with van der Waals surface area (Å²) in [6.07, 6.45) is 2.30. The molecule has 1 aromatic carbocycles. The Hall–Kier alpha value is -2.35. The van der Waals surface area contributed by atoms with Gasteiger partial charge in [-0.25, -0.2) is 14.8 Å². The Kier molecular flexibility index (Phi) is 8.98. The summed E-state index contributed by atoms with van der Waals surface area (Å²) in [5, 5.41) is 0.354. The van der Waals surface area contributed by atoms with Crippen molar-refractivity contribution in [2.24, 2.45) is 5.92 Å². The van der Waals surface area contributed by atoms with Crippen molar-refractivity contribution in [1.29, 1.82) is 0 Å². The van der Waals surface area contributed by atoms with E-state index in [2.05, 4.69) is 9.97 Å². The summed E-state index contributed by atoms with van der Waals surface area (Å²) < 4.78 is 46.2. The highest BCUT2D eigenvalue weighted by Gasteiger charge is 2.30. The highest BCUT2D eigenvalue weighted by Crippen LogP contribution is 2.47. The smallest absolute Gasteiger partial charge is 0.409 e. The molecule has 0 spiro atoms. The first-order chi connectivity index (χ1) is 17.6. The van der Waals surface area contributed by atoms with E-state index < -0.39 is 11.2 Å². The lowest BCUT2D eigenvalue weighted by Gasteiger charge is -2.33. The van der Waals surface area contributed by atoms with Gasteiger partial charge in [0.1, 0.15) is 18.2 Å². The molecule has 2 aliphatic rings. The van der Waals surface area contributed by atoms with Crippen LogP contribution >= 0.6 is 22.8 Å². The van der Waals surface area contributed by atoms with Crippen molar-refractivity contribution in [3.05, 3.63) is 40.7 Å². The minimum atomic E-state index is -3.42. The summed E-state index contributed by atoms with van der Waals surface area (Å²) in [4.78, 5) is 22.4. The summed E-state index contributed by atoms with van der Waals surface area (Å²) in [6.45, 7) is 7.51. The Labute approximate surface area is 222 Å². The van der Waals surface area contributed by atoms with Gasteiger partial charge in [0.15, 0.2) is 0 Å². The van der Waals surface area contributed by atoms with E-state index in [1.165, 1.54) is 6.33 Å². The van der Waals surface area contributed by atoms with Crippen molar-refractivity contribution in [2.45, 2.75) is 45.6 Å². The van der Waals surface area contributed by atoms with E-state index in [9.17, 15) is 13.9 Å². The number of benzene rings is 1. The number of ether oxygens (including phenoxy) is 3. The van der Waals surface area contributed by atoms with E-state index in [1.807, 2.05) is 19.9 Å². The molecule has 11 nitrogen and oxygen atoms in total. The van der Waals surface area contributed by atoms with E-state index in [1.54, 1.807) is 24.0 Å². The fraction of sp³-hybridized carbons (Fsp3) is 0.542. The van der Waals surface area contributed by atoms with Crippen LogP contribution in [0.5, 0.6) is 17.5 Å². The van der Waals surface area contributed by atoms with Gasteiger partial charge >= 0.3 is 6.09 Å². The van der Waals surface area contributed by atoms with Crippen molar-refractivity contribution >= 4 is 28.8 Å². The second-order valence-electron chi connectivity index (χ2n) is 9.39. The zero-order chi connectivity index (χ0) is 26.6. The molecular formula is C24H32ClN3O8S. The summed E-state index contributed by atoms with van der Waals surface area (Å²) in [5.41, 5.74) is 1.44. The topological polar surface area (TPSA) is 133 Å². The van der Waals surface area contributed by atoms with Crippen LogP contribution in [-0.2, 0) is 13.1 Å². The highest BCUT2D eigenvalue weighted by atomic mass is 35.5. The van der Waals surface area contributed by atoms with Gasteiger partial charge in [-0.2, -0.15) is 0 Å². The number of piperidine rings is 1. The van der Waals surface area contributed by atoms with E-state index >= 15 is 0 Å². The molecule has 2 fully saturated rings. The number of amides is 1. The summed E-state index contributed by atoms with van der Waals surface area (Å²) in [5.74, 6) is 1.22. The number of likely N-dealkylation sites (tertiary alicyclic amines) is 1. The first-order valence-electron chi connectivity index (χ1n) is 12.1. The second-order valence-corrected chi connectivity index (χ2v) is 11.2. The lowest BCUT2D eigenvalue weighted by Crippen LogP contribution is -2.42. The van der Waals surface area contributed by atoms with Gasteiger partial charge in [-0.1, -0.05) is 31.5 Å². The standard InChI is InChI=1S/C24H32ClN3O8S/c1-15(2)11-32-24(29)28-8-6-19(7-9-28)35-22-16(3)23(27-14-26-22)36-21-5-4-17(10-20(21)25)18-12-33-37(30,31)34-13-18/h4-5,10,14-15,18-19,30-31H,6-9,11-13H2,1-3H3. The lowest BCUT2D eigenvalue weighted by molar-refractivity contribution is 0.0602. The van der Waals surface area contributed by atoms with Gasteiger partial charge in [-0.15, -0.1) is 0 Å². The number of aromatic nitrogens is 2. The summed E-state index contributed by atoms with van der Waals surface area (Å²) in [7, 11) is 0. The number of nitrogens with zero attached hydrogens (tertiary/aromatic N) is 3. The molecule has 3 heterocycles. The van der Waals surface area contributed by atoms with Gasteiger partial charge in [-0.05, 0) is 30.5 Å². The Morgan fingerprint density at radius 1 is 1.19 bits per heavy atom. The quantitative estimate of drug-likeness (QED) is 0.444. The molecule has 1 amide bonds. The average Bonchev–Trinajstić information content (AvgIpc) is 2.86. The molecule has 204 valence electrons. The molecule has 0 radical (unpaired) electrons. The van der Waals surface area contributed by atoms with Gasteiger partial charge in [0, 0.05) is 31.8 Å². The molecule has 2 aliphatic heterocycles. The Morgan fingerprint density at radius 3 is 2.51 bits per heavy atom. The maximum absolute atomic E-state index is 12.2. The van der Waals surface area contributed by atoms with Gasteiger partial charge in [0.25, 0.3) is 0 Å². The van der Waals surface area contributed by atoms with Crippen LogP contribution in [-0.4, -0.2) is 69.1 Å². The third-order valence-electron chi connectivity index (χ3n) is 5.99. The predicted octanol–water partition coefficient (Wildman–Crippen LogP) is 5.58. The number of halogens is 1. The fourth-order valence-corrected chi connectivity index (χ4v) is 4.84. The minimum Gasteiger partial charge on any atom is -0.474 e. The third-order valence-corrected chi connectivity index (χ3v) is 7.17. The van der Waals surface area contributed by atoms with Crippen LogP contribution in [0.4, 0.5) is 4.79 Å². The molecule has 4 rings (SSSR count). The molecule has 1 aromatic heterocycles. The summed E-state index contributed by atoms with van der Waals surface area (Å²) in [6, 6.07) is 5.24.